The molecule has 202 valence electrons. The van der Waals surface area contributed by atoms with Crippen LogP contribution >= 0.6 is 0 Å². The maximum atomic E-state index is 15.2. The van der Waals surface area contributed by atoms with Crippen molar-refractivity contribution in [2.75, 3.05) is 0 Å². The number of carbonyl (C=O) groups is 1. The van der Waals surface area contributed by atoms with Gasteiger partial charge in [0.1, 0.15) is 6.17 Å². The summed E-state index contributed by atoms with van der Waals surface area (Å²) in [5, 5.41) is 9.50. The molecule has 0 heterocycles. The van der Waals surface area contributed by atoms with E-state index in [4.69, 9.17) is 0 Å². The molecule has 0 aliphatic heterocycles. The molecule has 0 aromatic heterocycles. The van der Waals surface area contributed by atoms with Gasteiger partial charge in [0.05, 0.1) is 5.92 Å². The molecule has 2 nitrogen and oxygen atoms in total. The van der Waals surface area contributed by atoms with E-state index in [9.17, 15) is 9.90 Å². The van der Waals surface area contributed by atoms with Gasteiger partial charge in [0, 0.05) is 0 Å². The third-order valence-corrected chi connectivity index (χ3v) is 10.8. The fraction of sp³-hybridized carbons (Fsp3) is 0.788. The van der Waals surface area contributed by atoms with Crippen molar-refractivity contribution in [1.29, 1.82) is 0 Å². The van der Waals surface area contributed by atoms with Gasteiger partial charge < -0.3 is 5.11 Å². The number of carboxylic acids is 1. The summed E-state index contributed by atoms with van der Waals surface area (Å²) in [6.45, 7) is 6.92. The predicted molar refractivity (Wildman–Crippen MR) is 147 cm³/mol. The van der Waals surface area contributed by atoms with Gasteiger partial charge in [-0.15, -0.1) is 0 Å². The molecule has 3 heteroatoms. The zero-order valence-electron chi connectivity index (χ0n) is 23.2. The van der Waals surface area contributed by atoms with Gasteiger partial charge in [-0.3, -0.25) is 4.79 Å². The molecule has 3 aliphatic rings. The molecule has 0 amide bonds. The molecule has 1 aromatic rings. The summed E-state index contributed by atoms with van der Waals surface area (Å²) in [7, 11) is 0. The fourth-order valence-electron chi connectivity index (χ4n) is 8.70. The second kappa shape index (κ2) is 12.4. The Bertz CT molecular complexity index is 836. The molecule has 4 rings (SSSR count). The van der Waals surface area contributed by atoms with Gasteiger partial charge in [-0.1, -0.05) is 77.1 Å². The molecule has 0 radical (unpaired) electrons. The summed E-state index contributed by atoms with van der Waals surface area (Å²) in [6.07, 6.45) is 16.3. The number of halogens is 1. The van der Waals surface area contributed by atoms with Crippen LogP contribution in [0.1, 0.15) is 134 Å². The van der Waals surface area contributed by atoms with E-state index in [1.807, 2.05) is 0 Å². The number of alkyl halides is 1. The van der Waals surface area contributed by atoms with E-state index in [1.54, 1.807) is 0 Å². The van der Waals surface area contributed by atoms with Gasteiger partial charge in [0.25, 0.3) is 0 Å². The Hall–Kier alpha value is -1.38. The molecule has 3 saturated carbocycles. The van der Waals surface area contributed by atoms with Gasteiger partial charge in [-0.25, -0.2) is 4.39 Å². The predicted octanol–water partition coefficient (Wildman–Crippen LogP) is 9.46. The van der Waals surface area contributed by atoms with Crippen LogP contribution in [0.5, 0.6) is 0 Å². The smallest absolute Gasteiger partial charge is 0.309 e. The summed E-state index contributed by atoms with van der Waals surface area (Å²) in [6, 6.07) is 8.82. The fourth-order valence-corrected chi connectivity index (χ4v) is 8.70. The third-order valence-electron chi connectivity index (χ3n) is 10.8. The molecule has 1 aromatic carbocycles. The van der Waals surface area contributed by atoms with Crippen molar-refractivity contribution in [1.82, 2.24) is 0 Å². The first kappa shape index (κ1) is 27.6. The largest absolute Gasteiger partial charge is 0.481 e. The van der Waals surface area contributed by atoms with Crippen molar-refractivity contribution < 1.29 is 14.3 Å². The lowest BCUT2D eigenvalue weighted by Crippen LogP contribution is -2.42. The summed E-state index contributed by atoms with van der Waals surface area (Å²) in [5.74, 6) is 2.25. The van der Waals surface area contributed by atoms with Gasteiger partial charge in [-0.2, -0.15) is 0 Å². The molecule has 0 saturated heterocycles. The van der Waals surface area contributed by atoms with Crippen LogP contribution < -0.4 is 0 Å². The number of hydrogen-bond donors (Lipinski definition) is 1. The lowest BCUT2D eigenvalue weighted by Gasteiger charge is -2.44. The first-order valence-corrected chi connectivity index (χ1v) is 15.3. The zero-order chi connectivity index (χ0) is 25.7. The van der Waals surface area contributed by atoms with E-state index in [0.29, 0.717) is 24.7 Å². The number of carboxylic acid groups (broad SMARTS) is 1. The van der Waals surface area contributed by atoms with Crippen LogP contribution in [-0.2, 0) is 10.2 Å². The van der Waals surface area contributed by atoms with Crippen LogP contribution in [0.4, 0.5) is 4.39 Å². The molecule has 3 aliphatic carbocycles. The second-order valence-corrected chi connectivity index (χ2v) is 12.9. The maximum Gasteiger partial charge on any atom is 0.309 e. The quantitative estimate of drug-likeness (QED) is 0.368. The van der Waals surface area contributed by atoms with Crippen LogP contribution in [0, 0.1) is 29.6 Å². The Kier molecular flexibility index (Phi) is 9.56. The van der Waals surface area contributed by atoms with Gasteiger partial charge in [0.15, 0.2) is 0 Å². The molecule has 0 spiro atoms. The van der Waals surface area contributed by atoms with Crippen molar-refractivity contribution >= 4 is 5.97 Å². The molecule has 4 unspecified atom stereocenters. The maximum absolute atomic E-state index is 15.2. The van der Waals surface area contributed by atoms with E-state index in [-0.39, 0.29) is 5.41 Å². The highest BCUT2D eigenvalue weighted by molar-refractivity contribution is 5.71. The third kappa shape index (κ3) is 6.02. The Balaban J connectivity index is 1.43. The first-order valence-electron chi connectivity index (χ1n) is 15.3. The molecule has 0 bridgehead atoms. The molecule has 3 fully saturated rings. The van der Waals surface area contributed by atoms with E-state index in [1.165, 1.54) is 75.3 Å². The van der Waals surface area contributed by atoms with E-state index >= 15 is 4.39 Å². The zero-order valence-corrected chi connectivity index (χ0v) is 23.2. The van der Waals surface area contributed by atoms with Crippen molar-refractivity contribution in [2.45, 2.75) is 135 Å². The normalized spacial score (nSPS) is 36.3. The summed E-state index contributed by atoms with van der Waals surface area (Å²) >= 11 is 0. The topological polar surface area (TPSA) is 37.3 Å². The van der Waals surface area contributed by atoms with Crippen LogP contribution in [0.2, 0.25) is 0 Å². The minimum atomic E-state index is -1.26. The van der Waals surface area contributed by atoms with Gasteiger partial charge >= 0.3 is 5.97 Å². The van der Waals surface area contributed by atoms with Crippen LogP contribution in [-0.4, -0.2) is 17.2 Å². The number of aliphatic carboxylic acids is 1. The minimum Gasteiger partial charge on any atom is -0.481 e. The van der Waals surface area contributed by atoms with Gasteiger partial charge in [-0.05, 0) is 110 Å². The molecule has 1 N–H and O–H groups in total. The van der Waals surface area contributed by atoms with Crippen molar-refractivity contribution in [3.63, 3.8) is 0 Å². The van der Waals surface area contributed by atoms with Crippen LogP contribution in [0.15, 0.2) is 24.3 Å². The SMILES string of the molecule is CCCC1CCC(C2CCC(C(C)c3ccccc3C3(CCC)CCC(C(=O)O)C(F)C3)CC2)CC1. The Morgan fingerprint density at radius 1 is 0.972 bits per heavy atom. The highest BCUT2D eigenvalue weighted by atomic mass is 19.1. The van der Waals surface area contributed by atoms with E-state index in [2.05, 4.69) is 45.0 Å². The van der Waals surface area contributed by atoms with Crippen molar-refractivity contribution in [3.05, 3.63) is 35.4 Å². The lowest BCUT2D eigenvalue weighted by atomic mass is 9.61. The molecule has 36 heavy (non-hydrogen) atoms. The molecular weight excluding hydrogens is 447 g/mol. The first-order chi connectivity index (χ1) is 17.4. The van der Waals surface area contributed by atoms with Crippen molar-refractivity contribution in [2.24, 2.45) is 29.6 Å². The highest BCUT2D eigenvalue weighted by Gasteiger charge is 2.45. The lowest BCUT2D eigenvalue weighted by molar-refractivity contribution is -0.146. The second-order valence-electron chi connectivity index (χ2n) is 12.9. The standard InChI is InChI=1S/C33H51FO2/c1-4-8-24-11-13-26(14-12-24)27-17-15-25(16-18-27)23(3)28-9-6-7-10-30(28)33(20-5-2)21-19-29(32(35)36)31(34)22-33/h6-7,9-10,23-27,29,31H,4-5,8,11-22H2,1-3H3,(H,35,36). The molecule has 4 atom stereocenters. The highest BCUT2D eigenvalue weighted by Crippen LogP contribution is 2.51. The average molecular weight is 499 g/mol. The summed E-state index contributed by atoms with van der Waals surface area (Å²) in [5.41, 5.74) is 2.51. The van der Waals surface area contributed by atoms with Crippen molar-refractivity contribution in [3.8, 4) is 0 Å². The monoisotopic (exact) mass is 498 g/mol. The van der Waals surface area contributed by atoms with Crippen LogP contribution in [0.25, 0.3) is 0 Å². The summed E-state index contributed by atoms with van der Waals surface area (Å²) in [4.78, 5) is 11.6. The van der Waals surface area contributed by atoms with E-state index < -0.39 is 18.1 Å². The molecular formula is C33H51FO2. The number of benzene rings is 1. The summed E-state index contributed by atoms with van der Waals surface area (Å²) < 4.78 is 15.2. The van der Waals surface area contributed by atoms with Gasteiger partial charge in [0.2, 0.25) is 0 Å². The minimum absolute atomic E-state index is 0.223. The Morgan fingerprint density at radius 3 is 2.19 bits per heavy atom. The van der Waals surface area contributed by atoms with Crippen LogP contribution in [0.3, 0.4) is 0 Å². The van der Waals surface area contributed by atoms with E-state index in [0.717, 1.165) is 37.0 Å². The average Bonchev–Trinajstić information content (AvgIpc) is 2.89. The Morgan fingerprint density at radius 2 is 1.61 bits per heavy atom. The number of hydrogen-bond acceptors (Lipinski definition) is 1. The number of rotatable bonds is 9. The Labute approximate surface area is 219 Å².